The lowest BCUT2D eigenvalue weighted by molar-refractivity contribution is 0.226. The van der Waals surface area contributed by atoms with E-state index in [1.165, 1.54) is 11.1 Å². The van der Waals surface area contributed by atoms with Crippen LogP contribution in [0.25, 0.3) is 0 Å². The zero-order chi connectivity index (χ0) is 13.4. The smallest absolute Gasteiger partial charge is 0.0896 e. The topological polar surface area (TPSA) is 0 Å². The molecular formula is C16H25B. The molecule has 0 amide bonds. The Balaban J connectivity index is 3.38. The van der Waals surface area contributed by atoms with Gasteiger partial charge in [-0.15, -0.1) is 0 Å². The Morgan fingerprint density at radius 3 is 1.94 bits per heavy atom. The van der Waals surface area contributed by atoms with Gasteiger partial charge >= 0.3 is 0 Å². The van der Waals surface area contributed by atoms with Crippen LogP contribution in [0.2, 0.25) is 0 Å². The summed E-state index contributed by atoms with van der Waals surface area (Å²) in [6.45, 7) is 15.8. The fraction of sp³-hybridized carbons (Fsp3) is 0.625. The van der Waals surface area contributed by atoms with E-state index in [-0.39, 0.29) is 10.8 Å². The summed E-state index contributed by atoms with van der Waals surface area (Å²) in [6.07, 6.45) is 0. The molecule has 0 heterocycles. The lowest BCUT2D eigenvalue weighted by Crippen LogP contribution is -2.39. The summed E-state index contributed by atoms with van der Waals surface area (Å²) in [4.78, 5) is 0. The minimum atomic E-state index is 0.0714. The van der Waals surface area contributed by atoms with Gasteiger partial charge in [0.15, 0.2) is 0 Å². The molecule has 0 spiro atoms. The van der Waals surface area contributed by atoms with Crippen LogP contribution in [0.5, 0.6) is 0 Å². The summed E-state index contributed by atoms with van der Waals surface area (Å²) in [6, 6.07) is 6.45. The summed E-state index contributed by atoms with van der Waals surface area (Å²) >= 11 is 0. The highest BCUT2D eigenvalue weighted by Crippen LogP contribution is 2.40. The molecule has 0 unspecified atom stereocenters. The standard InChI is InChI=1S/C16H25B/c1-11(2)12-9-8-10-13(14(12)17)16(6,7)15(3,4)5/h8-11H,1-7H3. The average molecular weight is 228 g/mol. The third kappa shape index (κ3) is 2.59. The molecule has 0 aromatic heterocycles. The van der Waals surface area contributed by atoms with Crippen molar-refractivity contribution in [3.8, 4) is 0 Å². The molecular weight excluding hydrogens is 203 g/mol. The number of rotatable bonds is 2. The molecule has 0 saturated carbocycles. The van der Waals surface area contributed by atoms with Crippen LogP contribution in [0.4, 0.5) is 0 Å². The van der Waals surface area contributed by atoms with Gasteiger partial charge in [0, 0.05) is 0 Å². The molecule has 0 atom stereocenters. The third-order valence-electron chi connectivity index (χ3n) is 4.31. The third-order valence-corrected chi connectivity index (χ3v) is 4.31. The van der Waals surface area contributed by atoms with Gasteiger partial charge in [0.05, 0.1) is 0 Å². The highest BCUT2D eigenvalue weighted by molar-refractivity contribution is 6.34. The van der Waals surface area contributed by atoms with Crippen LogP contribution in [-0.2, 0) is 5.41 Å². The summed E-state index contributed by atoms with van der Waals surface area (Å²) in [5, 5.41) is 0. The zero-order valence-electron chi connectivity index (χ0n) is 12.4. The number of hydrogen-bond acceptors (Lipinski definition) is 0. The molecule has 0 bridgehead atoms. The molecule has 1 aromatic rings. The van der Waals surface area contributed by atoms with Crippen LogP contribution >= 0.6 is 0 Å². The van der Waals surface area contributed by atoms with E-state index >= 15 is 0 Å². The molecule has 0 aliphatic heterocycles. The largest absolute Gasteiger partial charge is 0.114 e. The normalized spacial score (nSPS) is 13.2. The van der Waals surface area contributed by atoms with Crippen molar-refractivity contribution in [3.63, 3.8) is 0 Å². The average Bonchev–Trinajstić information content (AvgIpc) is 2.15. The van der Waals surface area contributed by atoms with Gasteiger partial charge in [-0.25, -0.2) is 0 Å². The van der Waals surface area contributed by atoms with Crippen molar-refractivity contribution in [2.75, 3.05) is 0 Å². The van der Waals surface area contributed by atoms with E-state index in [4.69, 9.17) is 7.85 Å². The molecule has 0 fully saturated rings. The summed E-state index contributed by atoms with van der Waals surface area (Å²) in [5.74, 6) is 0.478. The summed E-state index contributed by atoms with van der Waals surface area (Å²) < 4.78 is 0. The maximum atomic E-state index is 6.37. The van der Waals surface area contributed by atoms with E-state index in [2.05, 4.69) is 66.7 Å². The molecule has 0 aliphatic rings. The molecule has 1 aromatic carbocycles. The molecule has 0 aliphatic carbocycles. The van der Waals surface area contributed by atoms with Gasteiger partial charge in [-0.2, -0.15) is 0 Å². The van der Waals surface area contributed by atoms with Gasteiger partial charge in [-0.3, -0.25) is 0 Å². The minimum absolute atomic E-state index is 0.0714. The SMILES string of the molecule is [B]c1c(C(C)C)cccc1C(C)(C)C(C)(C)C. The van der Waals surface area contributed by atoms with Gasteiger partial charge in [-0.1, -0.05) is 77.7 Å². The van der Waals surface area contributed by atoms with Crippen LogP contribution in [0.15, 0.2) is 18.2 Å². The van der Waals surface area contributed by atoms with Gasteiger partial charge < -0.3 is 0 Å². The van der Waals surface area contributed by atoms with Crippen molar-refractivity contribution in [2.45, 2.75) is 59.8 Å². The zero-order valence-corrected chi connectivity index (χ0v) is 12.4. The Morgan fingerprint density at radius 2 is 1.53 bits per heavy atom. The number of hydrogen-bond donors (Lipinski definition) is 0. The molecule has 1 rings (SSSR count). The maximum absolute atomic E-state index is 6.37. The fourth-order valence-electron chi connectivity index (χ4n) is 2.04. The van der Waals surface area contributed by atoms with Crippen LogP contribution in [0.1, 0.15) is 65.5 Å². The summed E-state index contributed by atoms with van der Waals surface area (Å²) in [5.41, 5.74) is 3.78. The number of benzene rings is 1. The Bertz CT molecular complexity index is 394. The van der Waals surface area contributed by atoms with Crippen LogP contribution in [0.3, 0.4) is 0 Å². The van der Waals surface area contributed by atoms with Crippen LogP contribution < -0.4 is 5.46 Å². The van der Waals surface area contributed by atoms with Gasteiger partial charge in [0.1, 0.15) is 7.85 Å². The molecule has 17 heavy (non-hydrogen) atoms. The first-order valence-electron chi connectivity index (χ1n) is 6.48. The van der Waals surface area contributed by atoms with Crippen molar-refractivity contribution in [3.05, 3.63) is 29.3 Å². The van der Waals surface area contributed by atoms with Gasteiger partial charge in [0.2, 0.25) is 0 Å². The van der Waals surface area contributed by atoms with E-state index in [1.54, 1.807) is 0 Å². The maximum Gasteiger partial charge on any atom is 0.114 e. The minimum Gasteiger partial charge on any atom is -0.0896 e. The molecule has 0 nitrogen and oxygen atoms in total. The highest BCUT2D eigenvalue weighted by Gasteiger charge is 2.35. The lowest BCUT2D eigenvalue weighted by atomic mass is 9.61. The Labute approximate surface area is 108 Å². The second-order valence-corrected chi connectivity index (χ2v) is 6.84. The first-order chi connectivity index (χ1) is 7.59. The molecule has 0 N–H and O–H groups in total. The van der Waals surface area contributed by atoms with Gasteiger partial charge in [-0.05, 0) is 22.3 Å². The molecule has 2 radical (unpaired) electrons. The Hall–Kier alpha value is -0.715. The van der Waals surface area contributed by atoms with Crippen molar-refractivity contribution in [2.24, 2.45) is 5.41 Å². The van der Waals surface area contributed by atoms with Crippen LogP contribution in [-0.4, -0.2) is 7.85 Å². The van der Waals surface area contributed by atoms with Crippen molar-refractivity contribution >= 4 is 13.3 Å². The second-order valence-electron chi connectivity index (χ2n) is 6.84. The van der Waals surface area contributed by atoms with E-state index in [1.807, 2.05) is 0 Å². The Kier molecular flexibility index (Phi) is 3.81. The Morgan fingerprint density at radius 1 is 1.00 bits per heavy atom. The second kappa shape index (κ2) is 4.51. The van der Waals surface area contributed by atoms with E-state index in [0.29, 0.717) is 5.92 Å². The molecule has 1 heteroatoms. The summed E-state index contributed by atoms with van der Waals surface area (Å²) in [7, 11) is 6.37. The van der Waals surface area contributed by atoms with E-state index in [0.717, 1.165) is 5.46 Å². The molecule has 92 valence electrons. The van der Waals surface area contributed by atoms with E-state index in [9.17, 15) is 0 Å². The quantitative estimate of drug-likeness (QED) is 0.673. The fourth-order valence-corrected chi connectivity index (χ4v) is 2.04. The van der Waals surface area contributed by atoms with E-state index < -0.39 is 0 Å². The van der Waals surface area contributed by atoms with Crippen molar-refractivity contribution < 1.29 is 0 Å². The highest BCUT2D eigenvalue weighted by atomic mass is 14.4. The van der Waals surface area contributed by atoms with Crippen molar-refractivity contribution in [1.82, 2.24) is 0 Å². The first-order valence-corrected chi connectivity index (χ1v) is 6.48. The predicted octanol–water partition coefficient (Wildman–Crippen LogP) is 3.93. The predicted molar refractivity (Wildman–Crippen MR) is 78.4 cm³/mol. The van der Waals surface area contributed by atoms with Crippen molar-refractivity contribution in [1.29, 1.82) is 0 Å². The first kappa shape index (κ1) is 14.3. The lowest BCUT2D eigenvalue weighted by Gasteiger charge is -2.41. The molecule has 0 saturated heterocycles. The van der Waals surface area contributed by atoms with Crippen LogP contribution in [0, 0.1) is 5.41 Å². The monoisotopic (exact) mass is 228 g/mol. The van der Waals surface area contributed by atoms with Gasteiger partial charge in [0.25, 0.3) is 0 Å².